The lowest BCUT2D eigenvalue weighted by Gasteiger charge is -2.33. The van der Waals surface area contributed by atoms with E-state index in [1.165, 1.54) is 20.5 Å². The van der Waals surface area contributed by atoms with E-state index < -0.39 is 10.0 Å². The summed E-state index contributed by atoms with van der Waals surface area (Å²) in [6.07, 6.45) is 2.92. The standard InChI is InChI=1S/C22H26N4O3S2/c1-16-7-8-18-19(14-23)22(30-20(18)13-16)24-21(27)15-25-9-11-26(12-10-25)31(28,29)17-5-3-2-4-6-17/h2-6,16H,7-13,15H2,1H3,(H,24,27)/t16-/m0/s1. The van der Waals surface area contributed by atoms with E-state index in [2.05, 4.69) is 18.3 Å². The monoisotopic (exact) mass is 458 g/mol. The van der Waals surface area contributed by atoms with Crippen LogP contribution in [0.4, 0.5) is 5.00 Å². The Morgan fingerprint density at radius 1 is 1.23 bits per heavy atom. The number of nitriles is 1. The summed E-state index contributed by atoms with van der Waals surface area (Å²) in [5.41, 5.74) is 1.71. The number of sulfonamides is 1. The van der Waals surface area contributed by atoms with Crippen molar-refractivity contribution in [2.75, 3.05) is 38.0 Å². The Morgan fingerprint density at radius 2 is 1.94 bits per heavy atom. The molecule has 2 aromatic rings. The van der Waals surface area contributed by atoms with E-state index >= 15 is 0 Å². The molecule has 2 aliphatic rings. The van der Waals surface area contributed by atoms with Gasteiger partial charge >= 0.3 is 0 Å². The largest absolute Gasteiger partial charge is 0.315 e. The van der Waals surface area contributed by atoms with Crippen LogP contribution >= 0.6 is 11.3 Å². The molecule has 1 aromatic heterocycles. The van der Waals surface area contributed by atoms with Crippen LogP contribution in [0.1, 0.15) is 29.3 Å². The van der Waals surface area contributed by atoms with Crippen LogP contribution in [0.25, 0.3) is 0 Å². The Labute approximate surface area is 187 Å². The highest BCUT2D eigenvalue weighted by Crippen LogP contribution is 2.39. The molecule has 7 nitrogen and oxygen atoms in total. The maximum atomic E-state index is 12.7. The number of nitrogens with one attached hydrogen (secondary N) is 1. The second-order valence-corrected chi connectivity index (χ2v) is 11.3. The minimum absolute atomic E-state index is 0.164. The molecule has 4 rings (SSSR count). The van der Waals surface area contributed by atoms with Gasteiger partial charge in [-0.05, 0) is 42.9 Å². The number of rotatable bonds is 5. The zero-order valence-corrected chi connectivity index (χ0v) is 19.1. The molecule has 0 unspecified atom stereocenters. The van der Waals surface area contributed by atoms with Crippen molar-refractivity contribution in [3.05, 3.63) is 46.3 Å². The van der Waals surface area contributed by atoms with Crippen molar-refractivity contribution in [2.24, 2.45) is 5.92 Å². The van der Waals surface area contributed by atoms with Crippen molar-refractivity contribution in [3.8, 4) is 6.07 Å². The number of hydrogen-bond acceptors (Lipinski definition) is 6. The van der Waals surface area contributed by atoms with Crippen molar-refractivity contribution in [1.29, 1.82) is 5.26 Å². The Kier molecular flexibility index (Phi) is 6.44. The number of hydrogen-bond donors (Lipinski definition) is 1. The zero-order chi connectivity index (χ0) is 22.0. The molecule has 1 aromatic carbocycles. The highest BCUT2D eigenvalue weighted by atomic mass is 32.2. The molecule has 1 atom stereocenters. The van der Waals surface area contributed by atoms with Crippen molar-refractivity contribution < 1.29 is 13.2 Å². The van der Waals surface area contributed by atoms with Gasteiger partial charge in [-0.2, -0.15) is 9.57 Å². The molecule has 31 heavy (non-hydrogen) atoms. The van der Waals surface area contributed by atoms with Gasteiger partial charge in [0.1, 0.15) is 11.1 Å². The molecule has 9 heteroatoms. The molecule has 0 spiro atoms. The minimum atomic E-state index is -3.51. The summed E-state index contributed by atoms with van der Waals surface area (Å²) in [6.45, 7) is 4.07. The molecule has 1 aliphatic carbocycles. The van der Waals surface area contributed by atoms with E-state index in [1.807, 2.05) is 4.90 Å². The lowest BCUT2D eigenvalue weighted by atomic mass is 9.89. The predicted molar refractivity (Wildman–Crippen MR) is 120 cm³/mol. The minimum Gasteiger partial charge on any atom is -0.315 e. The Hall–Kier alpha value is -2.25. The van der Waals surface area contributed by atoms with Gasteiger partial charge in [0.25, 0.3) is 0 Å². The molecule has 1 saturated heterocycles. The quantitative estimate of drug-likeness (QED) is 0.744. The van der Waals surface area contributed by atoms with Gasteiger partial charge in [-0.1, -0.05) is 25.1 Å². The highest BCUT2D eigenvalue weighted by Gasteiger charge is 2.29. The van der Waals surface area contributed by atoms with E-state index in [1.54, 1.807) is 30.3 Å². The maximum absolute atomic E-state index is 12.7. The molecule has 0 radical (unpaired) electrons. The average molecular weight is 459 g/mol. The van der Waals surface area contributed by atoms with Crippen molar-refractivity contribution >= 4 is 32.3 Å². The molecule has 0 bridgehead atoms. The predicted octanol–water partition coefficient (Wildman–Crippen LogP) is 2.69. The molecule has 1 aliphatic heterocycles. The fraction of sp³-hybridized carbons (Fsp3) is 0.455. The number of anilines is 1. The maximum Gasteiger partial charge on any atom is 0.243 e. The van der Waals surface area contributed by atoms with Crippen molar-refractivity contribution in [3.63, 3.8) is 0 Å². The molecule has 1 fully saturated rings. The summed E-state index contributed by atoms with van der Waals surface area (Å²) in [4.78, 5) is 16.1. The van der Waals surface area contributed by atoms with Gasteiger partial charge in [-0.15, -0.1) is 11.3 Å². The van der Waals surface area contributed by atoms with E-state index in [-0.39, 0.29) is 12.5 Å². The average Bonchev–Trinajstić information content (AvgIpc) is 3.10. The molecule has 2 heterocycles. The second kappa shape index (κ2) is 9.09. The second-order valence-electron chi connectivity index (χ2n) is 8.21. The summed E-state index contributed by atoms with van der Waals surface area (Å²) in [5.74, 6) is 0.437. The lowest BCUT2D eigenvalue weighted by molar-refractivity contribution is -0.117. The van der Waals surface area contributed by atoms with Crippen LogP contribution in [-0.2, 0) is 27.7 Å². The first-order valence-electron chi connectivity index (χ1n) is 10.5. The van der Waals surface area contributed by atoms with Crippen molar-refractivity contribution in [2.45, 2.75) is 31.1 Å². The Morgan fingerprint density at radius 3 is 2.61 bits per heavy atom. The third kappa shape index (κ3) is 4.67. The van der Waals surface area contributed by atoms with Crippen LogP contribution in [0.2, 0.25) is 0 Å². The van der Waals surface area contributed by atoms with E-state index in [9.17, 15) is 18.5 Å². The van der Waals surface area contributed by atoms with E-state index in [0.29, 0.717) is 47.6 Å². The topological polar surface area (TPSA) is 93.5 Å². The number of benzene rings is 1. The first kappa shape index (κ1) is 22.0. The molecular formula is C22H26N4O3S2. The molecule has 0 saturated carbocycles. The number of nitrogens with zero attached hydrogens (tertiary/aromatic N) is 3. The Bertz CT molecular complexity index is 1100. The van der Waals surface area contributed by atoms with Crippen LogP contribution in [0.3, 0.4) is 0 Å². The first-order valence-corrected chi connectivity index (χ1v) is 12.8. The highest BCUT2D eigenvalue weighted by molar-refractivity contribution is 7.89. The SMILES string of the molecule is C[C@H]1CCc2c(sc(NC(=O)CN3CCN(S(=O)(=O)c4ccccc4)CC3)c2C#N)C1. The smallest absolute Gasteiger partial charge is 0.243 e. The third-order valence-corrected chi connectivity index (χ3v) is 9.04. The summed E-state index contributed by atoms with van der Waals surface area (Å²) >= 11 is 1.52. The zero-order valence-electron chi connectivity index (χ0n) is 17.5. The van der Waals surface area contributed by atoms with Crippen LogP contribution in [0, 0.1) is 17.2 Å². The van der Waals surface area contributed by atoms with Crippen LogP contribution in [0.15, 0.2) is 35.2 Å². The van der Waals surface area contributed by atoms with Crippen LogP contribution in [0.5, 0.6) is 0 Å². The first-order chi connectivity index (χ1) is 14.9. The summed E-state index contributed by atoms with van der Waals surface area (Å²) in [7, 11) is -3.51. The summed E-state index contributed by atoms with van der Waals surface area (Å²) < 4.78 is 27.0. The molecule has 1 N–H and O–H groups in total. The number of piperazine rings is 1. The fourth-order valence-electron chi connectivity index (χ4n) is 4.20. The third-order valence-electron chi connectivity index (χ3n) is 5.96. The Balaban J connectivity index is 1.35. The van der Waals surface area contributed by atoms with Gasteiger partial charge in [0.05, 0.1) is 17.0 Å². The van der Waals surface area contributed by atoms with Crippen LogP contribution < -0.4 is 5.32 Å². The summed E-state index contributed by atoms with van der Waals surface area (Å²) in [6, 6.07) is 10.7. The fourth-order valence-corrected chi connectivity index (χ4v) is 7.02. The van der Waals surface area contributed by atoms with Gasteiger partial charge in [-0.25, -0.2) is 8.42 Å². The number of carbonyl (C=O) groups excluding carboxylic acids is 1. The normalized spacial score (nSPS) is 20.1. The van der Waals surface area contributed by atoms with Gasteiger partial charge < -0.3 is 5.32 Å². The number of thiophene rings is 1. The molecule has 1 amide bonds. The van der Waals surface area contributed by atoms with Gasteiger partial charge in [-0.3, -0.25) is 9.69 Å². The molecule has 164 valence electrons. The number of amides is 1. The van der Waals surface area contributed by atoms with E-state index in [4.69, 9.17) is 0 Å². The van der Waals surface area contributed by atoms with Crippen molar-refractivity contribution in [1.82, 2.24) is 9.21 Å². The van der Waals surface area contributed by atoms with Gasteiger partial charge in [0, 0.05) is 31.1 Å². The summed E-state index contributed by atoms with van der Waals surface area (Å²) in [5, 5.41) is 13.2. The van der Waals surface area contributed by atoms with E-state index in [0.717, 1.165) is 24.8 Å². The lowest BCUT2D eigenvalue weighted by Crippen LogP contribution is -2.50. The van der Waals surface area contributed by atoms with Gasteiger partial charge in [0.2, 0.25) is 15.9 Å². The molecular weight excluding hydrogens is 432 g/mol. The number of fused-ring (bicyclic) bond motifs is 1. The number of carbonyl (C=O) groups is 1. The van der Waals surface area contributed by atoms with Crippen LogP contribution in [-0.4, -0.2) is 56.3 Å². The van der Waals surface area contributed by atoms with Gasteiger partial charge in [0.15, 0.2) is 0 Å².